The number of carbonyl (C=O) groups is 1. The van der Waals surface area contributed by atoms with E-state index in [0.717, 1.165) is 22.0 Å². The number of nitrogens with zero attached hydrogens (tertiary/aromatic N) is 4. The van der Waals surface area contributed by atoms with Crippen LogP contribution >= 0.6 is 11.6 Å². The topological polar surface area (TPSA) is 107 Å². The summed E-state index contributed by atoms with van der Waals surface area (Å²) in [5.41, 5.74) is 10.6. The van der Waals surface area contributed by atoms with Gasteiger partial charge in [-0.15, -0.1) is 0 Å². The molecule has 0 spiro atoms. The fourth-order valence-corrected chi connectivity index (χ4v) is 3.83. The molecule has 5 rings (SSSR count). The number of halogens is 1. The highest BCUT2D eigenvalue weighted by Gasteiger charge is 2.20. The van der Waals surface area contributed by atoms with Crippen molar-refractivity contribution in [1.82, 2.24) is 25.3 Å². The Balaban J connectivity index is 1.58. The molecule has 1 amide bonds. The minimum atomic E-state index is -0.451. The van der Waals surface area contributed by atoms with Crippen LogP contribution in [-0.4, -0.2) is 25.8 Å². The molecule has 0 saturated carbocycles. The lowest BCUT2D eigenvalue weighted by molar-refractivity contribution is 0.0946. The quantitative estimate of drug-likeness (QED) is 0.356. The number of nitrogens with one attached hydrogen (secondary N) is 1. The summed E-state index contributed by atoms with van der Waals surface area (Å²) < 4.78 is 0. The van der Waals surface area contributed by atoms with Gasteiger partial charge in [-0.05, 0) is 24.3 Å². The number of anilines is 1. The largest absolute Gasteiger partial charge is 0.382 e. The molecule has 0 atom stereocenters. The van der Waals surface area contributed by atoms with E-state index in [1.54, 1.807) is 24.5 Å². The minimum Gasteiger partial charge on any atom is -0.382 e. The van der Waals surface area contributed by atoms with Crippen LogP contribution in [0.1, 0.15) is 16.1 Å². The fourth-order valence-electron chi connectivity index (χ4n) is 3.65. The van der Waals surface area contributed by atoms with Gasteiger partial charge in [0.2, 0.25) is 0 Å². The summed E-state index contributed by atoms with van der Waals surface area (Å²) in [5.74, 6) is -0.409. The van der Waals surface area contributed by atoms with Gasteiger partial charge < -0.3 is 11.1 Å². The summed E-state index contributed by atoms with van der Waals surface area (Å²) in [7, 11) is 0. The molecule has 3 aromatic heterocycles. The molecule has 3 heterocycles. The summed E-state index contributed by atoms with van der Waals surface area (Å²) >= 11 is 6.11. The van der Waals surface area contributed by atoms with Crippen LogP contribution in [0, 0.1) is 0 Å². The second-order valence-corrected chi connectivity index (χ2v) is 7.93. The number of rotatable bonds is 5. The summed E-state index contributed by atoms with van der Waals surface area (Å²) in [6.07, 6.45) is 3.34. The maximum Gasteiger partial charge on any atom is 0.274 e. The number of pyridine rings is 2. The molecule has 0 fully saturated rings. The lowest BCUT2D eigenvalue weighted by atomic mass is 10.0. The Kier molecular flexibility index (Phi) is 5.84. The maximum absolute atomic E-state index is 13.0. The van der Waals surface area contributed by atoms with Gasteiger partial charge in [-0.1, -0.05) is 60.1 Å². The van der Waals surface area contributed by atoms with Gasteiger partial charge in [0, 0.05) is 41.0 Å². The van der Waals surface area contributed by atoms with Crippen LogP contribution in [0.5, 0.6) is 0 Å². The standard InChI is InChI=1S/C26H19ClN6O/c27-24-19(9-5-13-30-24)15-31-26(34)23-25(28)33-21(16-6-2-1-3-7-16)22(32-23)18-10-11-20-17(14-18)8-4-12-29-20/h1-14H,15H2,(H2,28,33)(H,31,34). The summed E-state index contributed by atoms with van der Waals surface area (Å²) in [5, 5.41) is 4.09. The number of nitrogens with two attached hydrogens (primary N) is 1. The van der Waals surface area contributed by atoms with Gasteiger partial charge in [-0.3, -0.25) is 9.78 Å². The predicted molar refractivity (Wildman–Crippen MR) is 133 cm³/mol. The number of benzene rings is 2. The number of amides is 1. The number of hydrogen-bond acceptors (Lipinski definition) is 6. The van der Waals surface area contributed by atoms with Crippen LogP contribution in [0.15, 0.2) is 85.2 Å². The Morgan fingerprint density at radius 3 is 2.44 bits per heavy atom. The van der Waals surface area contributed by atoms with E-state index in [-0.39, 0.29) is 18.1 Å². The highest BCUT2D eigenvalue weighted by molar-refractivity contribution is 6.30. The van der Waals surface area contributed by atoms with Crippen molar-refractivity contribution in [3.8, 4) is 22.5 Å². The first-order valence-corrected chi connectivity index (χ1v) is 10.9. The average Bonchev–Trinajstić information content (AvgIpc) is 2.88. The van der Waals surface area contributed by atoms with Crippen molar-refractivity contribution in [2.45, 2.75) is 6.54 Å². The Labute approximate surface area is 200 Å². The van der Waals surface area contributed by atoms with Crippen molar-refractivity contribution in [1.29, 1.82) is 0 Å². The molecule has 166 valence electrons. The molecule has 0 aliphatic carbocycles. The third kappa shape index (κ3) is 4.29. The Hall–Kier alpha value is -4.36. The van der Waals surface area contributed by atoms with E-state index in [9.17, 15) is 4.79 Å². The van der Waals surface area contributed by atoms with Crippen molar-refractivity contribution in [2.24, 2.45) is 0 Å². The van der Waals surface area contributed by atoms with Crippen LogP contribution in [0.25, 0.3) is 33.4 Å². The number of carbonyl (C=O) groups excluding carboxylic acids is 1. The molecular weight excluding hydrogens is 448 g/mol. The van der Waals surface area contributed by atoms with Crippen molar-refractivity contribution >= 4 is 34.2 Å². The zero-order valence-electron chi connectivity index (χ0n) is 17.9. The van der Waals surface area contributed by atoms with Crippen molar-refractivity contribution in [2.75, 3.05) is 5.73 Å². The van der Waals surface area contributed by atoms with Gasteiger partial charge in [0.05, 0.1) is 16.9 Å². The second-order valence-electron chi connectivity index (χ2n) is 7.57. The van der Waals surface area contributed by atoms with Crippen LogP contribution in [0.2, 0.25) is 5.15 Å². The monoisotopic (exact) mass is 466 g/mol. The lowest BCUT2D eigenvalue weighted by Crippen LogP contribution is -2.26. The lowest BCUT2D eigenvalue weighted by Gasteiger charge is -2.14. The Morgan fingerprint density at radius 1 is 0.853 bits per heavy atom. The van der Waals surface area contributed by atoms with E-state index in [2.05, 4.69) is 20.3 Å². The van der Waals surface area contributed by atoms with E-state index in [0.29, 0.717) is 22.1 Å². The van der Waals surface area contributed by atoms with E-state index < -0.39 is 5.91 Å². The van der Waals surface area contributed by atoms with Crippen LogP contribution in [0.4, 0.5) is 5.82 Å². The first-order chi connectivity index (χ1) is 16.6. The smallest absolute Gasteiger partial charge is 0.274 e. The normalized spacial score (nSPS) is 10.9. The van der Waals surface area contributed by atoms with E-state index in [4.69, 9.17) is 22.3 Å². The molecule has 0 saturated heterocycles. The van der Waals surface area contributed by atoms with Crippen molar-refractivity contribution in [3.63, 3.8) is 0 Å². The van der Waals surface area contributed by atoms with Crippen LogP contribution in [0.3, 0.4) is 0 Å². The van der Waals surface area contributed by atoms with Gasteiger partial charge in [-0.25, -0.2) is 15.0 Å². The average molecular weight is 467 g/mol. The molecule has 0 aliphatic heterocycles. The van der Waals surface area contributed by atoms with E-state index in [1.165, 1.54) is 0 Å². The van der Waals surface area contributed by atoms with Gasteiger partial charge in [0.1, 0.15) is 5.15 Å². The molecular formula is C26H19ClN6O. The first-order valence-electron chi connectivity index (χ1n) is 10.6. The van der Waals surface area contributed by atoms with Gasteiger partial charge >= 0.3 is 0 Å². The van der Waals surface area contributed by atoms with Crippen LogP contribution in [-0.2, 0) is 6.54 Å². The zero-order valence-corrected chi connectivity index (χ0v) is 18.7. The SMILES string of the molecule is Nc1nc(-c2ccccc2)c(-c2ccc3ncccc3c2)nc1C(=O)NCc1cccnc1Cl. The number of fused-ring (bicyclic) bond motifs is 1. The number of hydrogen-bond donors (Lipinski definition) is 2. The van der Waals surface area contributed by atoms with Gasteiger partial charge in [-0.2, -0.15) is 0 Å². The second kappa shape index (κ2) is 9.25. The third-order valence-corrected chi connectivity index (χ3v) is 5.68. The molecule has 0 radical (unpaired) electrons. The van der Waals surface area contributed by atoms with E-state index in [1.807, 2.05) is 60.7 Å². The zero-order chi connectivity index (χ0) is 23.5. The molecule has 3 N–H and O–H groups in total. The molecule has 0 bridgehead atoms. The first kappa shape index (κ1) is 21.5. The molecule has 7 nitrogen and oxygen atoms in total. The fraction of sp³-hybridized carbons (Fsp3) is 0.0385. The predicted octanol–water partition coefficient (Wildman–Crippen LogP) is 4.92. The molecule has 5 aromatic rings. The van der Waals surface area contributed by atoms with Crippen molar-refractivity contribution < 1.29 is 4.79 Å². The molecule has 0 unspecified atom stereocenters. The maximum atomic E-state index is 13.0. The van der Waals surface area contributed by atoms with E-state index >= 15 is 0 Å². The molecule has 8 heteroatoms. The van der Waals surface area contributed by atoms with Gasteiger partial charge in [0.15, 0.2) is 11.5 Å². The minimum absolute atomic E-state index is 0.0415. The van der Waals surface area contributed by atoms with Crippen LogP contribution < -0.4 is 11.1 Å². The van der Waals surface area contributed by atoms with Gasteiger partial charge in [0.25, 0.3) is 5.91 Å². The highest BCUT2D eigenvalue weighted by atomic mass is 35.5. The summed E-state index contributed by atoms with van der Waals surface area (Å²) in [6.45, 7) is 0.185. The Bertz CT molecular complexity index is 1510. The highest BCUT2D eigenvalue weighted by Crippen LogP contribution is 2.32. The summed E-state index contributed by atoms with van der Waals surface area (Å²) in [4.78, 5) is 30.7. The van der Waals surface area contributed by atoms with Crippen molar-refractivity contribution in [3.05, 3.63) is 102 Å². The molecule has 2 aromatic carbocycles. The number of nitrogen functional groups attached to an aromatic ring is 1. The molecule has 34 heavy (non-hydrogen) atoms. The molecule has 0 aliphatic rings. The summed E-state index contributed by atoms with van der Waals surface area (Å²) in [6, 6.07) is 22.8. The number of aromatic nitrogens is 4. The third-order valence-electron chi connectivity index (χ3n) is 5.34. The Morgan fingerprint density at radius 2 is 1.62 bits per heavy atom.